The molecule has 1 aromatic carbocycles. The minimum Gasteiger partial charge on any atom is -0.383 e. The monoisotopic (exact) mass is 206 g/mol. The molecule has 82 valence electrons. The van der Waals surface area contributed by atoms with Gasteiger partial charge in [0.2, 0.25) is 5.91 Å². The van der Waals surface area contributed by atoms with Crippen molar-refractivity contribution in [2.24, 2.45) is 5.73 Å². The first-order valence-electron chi connectivity index (χ1n) is 5.30. The first kappa shape index (κ1) is 11.6. The van der Waals surface area contributed by atoms with Gasteiger partial charge in [0, 0.05) is 17.3 Å². The van der Waals surface area contributed by atoms with Crippen molar-refractivity contribution in [2.75, 3.05) is 5.32 Å². The molecule has 0 saturated carbocycles. The molecule has 0 radical (unpaired) electrons. The van der Waals surface area contributed by atoms with Gasteiger partial charge in [0.1, 0.15) is 0 Å². The van der Waals surface area contributed by atoms with Gasteiger partial charge < -0.3 is 11.1 Å². The molecular weight excluding hydrogens is 188 g/mol. The Bertz CT molecular complexity index is 319. The van der Waals surface area contributed by atoms with Crippen LogP contribution in [0.4, 0.5) is 5.69 Å². The predicted octanol–water partition coefficient (Wildman–Crippen LogP) is 2.39. The second-order valence-electron chi connectivity index (χ2n) is 3.78. The van der Waals surface area contributed by atoms with Gasteiger partial charge in [-0.15, -0.1) is 0 Å². The van der Waals surface area contributed by atoms with Gasteiger partial charge in [-0.3, -0.25) is 4.79 Å². The summed E-state index contributed by atoms with van der Waals surface area (Å²) in [5, 5.41) is 3.36. The number of carbonyl (C=O) groups excluding carboxylic acids is 1. The molecule has 0 fully saturated rings. The van der Waals surface area contributed by atoms with Crippen LogP contribution in [0, 0.1) is 0 Å². The number of hydrogen-bond acceptors (Lipinski definition) is 2. The lowest BCUT2D eigenvalue weighted by Crippen LogP contribution is -2.15. The van der Waals surface area contributed by atoms with Crippen LogP contribution in [0.15, 0.2) is 24.3 Å². The number of amides is 1. The van der Waals surface area contributed by atoms with E-state index in [0.717, 1.165) is 18.5 Å². The van der Waals surface area contributed by atoms with Crippen LogP contribution in [0.25, 0.3) is 0 Å². The van der Waals surface area contributed by atoms with Crippen molar-refractivity contribution in [3.05, 3.63) is 29.8 Å². The lowest BCUT2D eigenvalue weighted by atomic mass is 10.1. The van der Waals surface area contributed by atoms with Gasteiger partial charge in [-0.25, -0.2) is 0 Å². The summed E-state index contributed by atoms with van der Waals surface area (Å²) in [6.07, 6.45) is 2.30. The van der Waals surface area contributed by atoms with E-state index in [4.69, 9.17) is 5.73 Å². The zero-order valence-corrected chi connectivity index (χ0v) is 9.29. The average molecular weight is 206 g/mol. The molecule has 0 heterocycles. The smallest absolute Gasteiger partial charge is 0.248 e. The van der Waals surface area contributed by atoms with Crippen LogP contribution >= 0.6 is 0 Å². The lowest BCUT2D eigenvalue weighted by molar-refractivity contribution is 0.100. The van der Waals surface area contributed by atoms with Gasteiger partial charge in [0.15, 0.2) is 0 Å². The number of hydrogen-bond donors (Lipinski definition) is 2. The Morgan fingerprint density at radius 2 is 2.00 bits per heavy atom. The summed E-state index contributed by atoms with van der Waals surface area (Å²) in [5.41, 5.74) is 6.73. The Morgan fingerprint density at radius 3 is 2.47 bits per heavy atom. The molecule has 0 bridgehead atoms. The molecule has 3 heteroatoms. The third kappa shape index (κ3) is 3.62. The molecule has 15 heavy (non-hydrogen) atoms. The maximum Gasteiger partial charge on any atom is 0.248 e. The van der Waals surface area contributed by atoms with Gasteiger partial charge in [0.25, 0.3) is 0 Å². The molecule has 1 atom stereocenters. The highest BCUT2D eigenvalue weighted by atomic mass is 16.1. The fourth-order valence-corrected chi connectivity index (χ4v) is 1.52. The molecule has 1 amide bonds. The number of rotatable bonds is 5. The van der Waals surface area contributed by atoms with E-state index in [1.54, 1.807) is 12.1 Å². The topological polar surface area (TPSA) is 55.1 Å². The Morgan fingerprint density at radius 1 is 1.40 bits per heavy atom. The fourth-order valence-electron chi connectivity index (χ4n) is 1.52. The van der Waals surface area contributed by atoms with Crippen molar-refractivity contribution >= 4 is 11.6 Å². The molecular formula is C12H18N2O. The number of nitrogens with one attached hydrogen (secondary N) is 1. The van der Waals surface area contributed by atoms with E-state index >= 15 is 0 Å². The molecule has 0 spiro atoms. The molecule has 3 nitrogen and oxygen atoms in total. The molecule has 3 N–H and O–H groups in total. The van der Waals surface area contributed by atoms with Gasteiger partial charge in [0.05, 0.1) is 0 Å². The van der Waals surface area contributed by atoms with Gasteiger partial charge in [-0.2, -0.15) is 0 Å². The average Bonchev–Trinajstić information content (AvgIpc) is 2.18. The van der Waals surface area contributed by atoms with Gasteiger partial charge >= 0.3 is 0 Å². The third-order valence-corrected chi connectivity index (χ3v) is 2.30. The van der Waals surface area contributed by atoms with Crippen LogP contribution in [-0.2, 0) is 0 Å². The van der Waals surface area contributed by atoms with Crippen LogP contribution < -0.4 is 11.1 Å². The van der Waals surface area contributed by atoms with Gasteiger partial charge in [-0.1, -0.05) is 13.3 Å². The fraction of sp³-hybridized carbons (Fsp3) is 0.417. The minimum absolute atomic E-state index is 0.386. The molecule has 0 saturated heterocycles. The number of primary amides is 1. The van der Waals surface area contributed by atoms with Crippen LogP contribution in [0.1, 0.15) is 37.0 Å². The second-order valence-corrected chi connectivity index (χ2v) is 3.78. The Labute approximate surface area is 90.7 Å². The normalized spacial score (nSPS) is 12.1. The van der Waals surface area contributed by atoms with Crippen molar-refractivity contribution in [1.82, 2.24) is 0 Å². The maximum atomic E-state index is 10.8. The molecule has 1 rings (SSSR count). The van der Waals surface area contributed by atoms with Crippen LogP contribution in [0.5, 0.6) is 0 Å². The van der Waals surface area contributed by atoms with Crippen LogP contribution in [0.3, 0.4) is 0 Å². The first-order valence-corrected chi connectivity index (χ1v) is 5.30. The zero-order valence-electron chi connectivity index (χ0n) is 9.29. The van der Waals surface area contributed by atoms with E-state index in [-0.39, 0.29) is 5.91 Å². The van der Waals surface area contributed by atoms with Crippen molar-refractivity contribution in [3.63, 3.8) is 0 Å². The summed E-state index contributed by atoms with van der Waals surface area (Å²) in [5.74, 6) is -0.386. The predicted molar refractivity (Wildman–Crippen MR) is 63.0 cm³/mol. The standard InChI is InChI=1S/C12H18N2O/c1-3-4-9(2)14-11-7-5-10(6-8-11)12(13)15/h5-9,14H,3-4H2,1-2H3,(H2,13,15)/t9-/m0/s1. The highest BCUT2D eigenvalue weighted by Gasteiger charge is 2.02. The molecule has 0 aliphatic heterocycles. The number of carbonyl (C=O) groups is 1. The molecule has 0 aliphatic rings. The zero-order chi connectivity index (χ0) is 11.3. The number of anilines is 1. The van der Waals surface area contributed by atoms with E-state index in [9.17, 15) is 4.79 Å². The summed E-state index contributed by atoms with van der Waals surface area (Å²) in [6, 6.07) is 7.69. The van der Waals surface area contributed by atoms with Crippen LogP contribution in [-0.4, -0.2) is 11.9 Å². The lowest BCUT2D eigenvalue weighted by Gasteiger charge is -2.14. The summed E-state index contributed by atoms with van der Waals surface area (Å²) in [4.78, 5) is 10.8. The van der Waals surface area contributed by atoms with Crippen molar-refractivity contribution in [1.29, 1.82) is 0 Å². The Hall–Kier alpha value is -1.51. The maximum absolute atomic E-state index is 10.8. The van der Waals surface area contributed by atoms with Crippen molar-refractivity contribution in [3.8, 4) is 0 Å². The number of nitrogens with two attached hydrogens (primary N) is 1. The largest absolute Gasteiger partial charge is 0.383 e. The molecule has 1 aromatic rings. The Balaban J connectivity index is 2.60. The summed E-state index contributed by atoms with van der Waals surface area (Å²) >= 11 is 0. The van der Waals surface area contributed by atoms with E-state index in [0.29, 0.717) is 11.6 Å². The van der Waals surface area contributed by atoms with Crippen molar-refractivity contribution < 1.29 is 4.79 Å². The minimum atomic E-state index is -0.386. The summed E-state index contributed by atoms with van der Waals surface area (Å²) in [6.45, 7) is 4.31. The first-order chi connectivity index (χ1) is 7.13. The van der Waals surface area contributed by atoms with Crippen molar-refractivity contribution in [2.45, 2.75) is 32.7 Å². The quantitative estimate of drug-likeness (QED) is 0.777. The second kappa shape index (κ2) is 5.39. The van der Waals surface area contributed by atoms with E-state index in [1.165, 1.54) is 0 Å². The SMILES string of the molecule is CCC[C@H](C)Nc1ccc(C(N)=O)cc1. The third-order valence-electron chi connectivity index (χ3n) is 2.30. The van der Waals surface area contributed by atoms with Crippen LogP contribution in [0.2, 0.25) is 0 Å². The molecule has 0 aliphatic carbocycles. The van der Waals surface area contributed by atoms with E-state index in [1.807, 2.05) is 12.1 Å². The molecule has 0 unspecified atom stereocenters. The Kier molecular flexibility index (Phi) is 4.16. The van der Waals surface area contributed by atoms with E-state index in [2.05, 4.69) is 19.2 Å². The summed E-state index contributed by atoms with van der Waals surface area (Å²) in [7, 11) is 0. The van der Waals surface area contributed by atoms with Gasteiger partial charge in [-0.05, 0) is 37.6 Å². The summed E-state index contributed by atoms with van der Waals surface area (Å²) < 4.78 is 0. The van der Waals surface area contributed by atoms with E-state index < -0.39 is 0 Å². The highest BCUT2D eigenvalue weighted by Crippen LogP contribution is 2.12. The highest BCUT2D eigenvalue weighted by molar-refractivity contribution is 5.93. The molecule has 0 aromatic heterocycles. The number of benzene rings is 1.